The fraction of sp³-hybridized carbons (Fsp3) is 0.261. The first-order chi connectivity index (χ1) is 14.8. The lowest BCUT2D eigenvalue weighted by atomic mass is 10.1. The molecular formula is C23H24N2O4S2. The predicted molar refractivity (Wildman–Crippen MR) is 124 cm³/mol. The number of benzene rings is 2. The number of aryl methyl sites for hydroxylation is 2. The lowest BCUT2D eigenvalue weighted by molar-refractivity contribution is 0.0993. The number of rotatable bonds is 6. The van der Waals surface area contributed by atoms with Crippen molar-refractivity contribution >= 4 is 38.6 Å². The van der Waals surface area contributed by atoms with E-state index in [2.05, 4.69) is 4.72 Å². The average molecular weight is 457 g/mol. The molecule has 6 nitrogen and oxygen atoms in total. The van der Waals surface area contributed by atoms with Crippen LogP contribution in [0.15, 0.2) is 52.7 Å². The average Bonchev–Trinajstić information content (AvgIpc) is 3.39. The van der Waals surface area contributed by atoms with E-state index in [4.69, 9.17) is 4.74 Å². The first kappa shape index (κ1) is 21.4. The van der Waals surface area contributed by atoms with Gasteiger partial charge in [-0.2, -0.15) is 0 Å². The van der Waals surface area contributed by atoms with Crippen LogP contribution in [0.3, 0.4) is 0 Å². The third kappa shape index (κ3) is 4.18. The molecule has 0 bridgehead atoms. The molecule has 8 heteroatoms. The smallest absolute Gasteiger partial charge is 0.268 e. The first-order valence-electron chi connectivity index (χ1n) is 10.1. The SMILES string of the molecule is CCOc1c(C)cc(S(=O)(=O)Nc2ccc3c(c2)CCN3C(=O)c2cccs2)cc1C. The van der Waals surface area contributed by atoms with E-state index in [1.54, 1.807) is 29.2 Å². The van der Waals surface area contributed by atoms with Crippen molar-refractivity contribution in [3.8, 4) is 5.75 Å². The summed E-state index contributed by atoms with van der Waals surface area (Å²) in [5, 5.41) is 1.88. The molecule has 1 aliphatic heterocycles. The molecule has 2 aromatic carbocycles. The highest BCUT2D eigenvalue weighted by molar-refractivity contribution is 7.92. The first-order valence-corrected chi connectivity index (χ1v) is 12.4. The van der Waals surface area contributed by atoms with Crippen molar-refractivity contribution in [2.24, 2.45) is 0 Å². The normalized spacial score (nSPS) is 13.2. The summed E-state index contributed by atoms with van der Waals surface area (Å²) in [5.41, 5.74) is 3.81. The van der Waals surface area contributed by atoms with E-state index in [-0.39, 0.29) is 10.8 Å². The molecule has 0 atom stereocenters. The summed E-state index contributed by atoms with van der Waals surface area (Å²) in [6, 6.07) is 12.2. The van der Waals surface area contributed by atoms with Crippen LogP contribution in [0.5, 0.6) is 5.75 Å². The van der Waals surface area contributed by atoms with Gasteiger partial charge >= 0.3 is 0 Å². The molecule has 1 amide bonds. The van der Waals surface area contributed by atoms with Gasteiger partial charge in [0.15, 0.2) is 0 Å². The van der Waals surface area contributed by atoms with Crippen LogP contribution in [0.25, 0.3) is 0 Å². The molecule has 0 saturated heterocycles. The molecule has 3 aromatic rings. The molecule has 0 fully saturated rings. The number of anilines is 2. The number of carbonyl (C=O) groups is 1. The van der Waals surface area contributed by atoms with Crippen molar-refractivity contribution in [1.29, 1.82) is 0 Å². The van der Waals surface area contributed by atoms with Crippen LogP contribution < -0.4 is 14.4 Å². The topological polar surface area (TPSA) is 75.7 Å². The van der Waals surface area contributed by atoms with Gasteiger partial charge in [0.2, 0.25) is 0 Å². The molecule has 1 aromatic heterocycles. The summed E-state index contributed by atoms with van der Waals surface area (Å²) < 4.78 is 34.3. The molecule has 1 N–H and O–H groups in total. The zero-order valence-electron chi connectivity index (χ0n) is 17.6. The Morgan fingerprint density at radius 2 is 1.90 bits per heavy atom. The van der Waals surface area contributed by atoms with Gasteiger partial charge in [-0.15, -0.1) is 11.3 Å². The minimum absolute atomic E-state index is 0.0255. The fourth-order valence-corrected chi connectivity index (χ4v) is 5.75. The van der Waals surface area contributed by atoms with E-state index in [9.17, 15) is 13.2 Å². The summed E-state index contributed by atoms with van der Waals surface area (Å²) in [4.78, 5) is 15.4. The second-order valence-electron chi connectivity index (χ2n) is 7.45. The minimum atomic E-state index is -3.76. The van der Waals surface area contributed by atoms with Crippen LogP contribution in [-0.4, -0.2) is 27.5 Å². The van der Waals surface area contributed by atoms with Gasteiger partial charge in [-0.05, 0) is 85.7 Å². The van der Waals surface area contributed by atoms with E-state index in [1.165, 1.54) is 11.3 Å². The number of sulfonamides is 1. The summed E-state index contributed by atoms with van der Waals surface area (Å²) in [6.45, 7) is 6.68. The molecular weight excluding hydrogens is 432 g/mol. The molecule has 0 aliphatic carbocycles. The second-order valence-corrected chi connectivity index (χ2v) is 10.1. The summed E-state index contributed by atoms with van der Waals surface area (Å²) in [5.74, 6) is 0.692. The quantitative estimate of drug-likeness (QED) is 0.580. The van der Waals surface area contributed by atoms with Crippen LogP contribution >= 0.6 is 11.3 Å². The van der Waals surface area contributed by atoms with Crippen molar-refractivity contribution in [2.75, 3.05) is 22.8 Å². The van der Waals surface area contributed by atoms with Crippen molar-refractivity contribution in [2.45, 2.75) is 32.1 Å². The third-order valence-corrected chi connectivity index (χ3v) is 7.46. The Bertz CT molecular complexity index is 1210. The zero-order valence-corrected chi connectivity index (χ0v) is 19.3. The van der Waals surface area contributed by atoms with E-state index >= 15 is 0 Å². The zero-order chi connectivity index (χ0) is 22.2. The van der Waals surface area contributed by atoms with Crippen molar-refractivity contribution in [1.82, 2.24) is 0 Å². The van der Waals surface area contributed by atoms with Crippen LogP contribution in [0, 0.1) is 13.8 Å². The van der Waals surface area contributed by atoms with Crippen LogP contribution in [-0.2, 0) is 16.4 Å². The molecule has 4 rings (SSSR count). The van der Waals surface area contributed by atoms with Crippen molar-refractivity contribution in [3.05, 3.63) is 69.4 Å². The molecule has 0 spiro atoms. The highest BCUT2D eigenvalue weighted by Gasteiger charge is 2.27. The number of carbonyl (C=O) groups excluding carboxylic acids is 1. The van der Waals surface area contributed by atoms with E-state index in [1.807, 2.05) is 44.4 Å². The summed E-state index contributed by atoms with van der Waals surface area (Å²) >= 11 is 1.42. The monoisotopic (exact) mass is 456 g/mol. The highest BCUT2D eigenvalue weighted by atomic mass is 32.2. The molecule has 2 heterocycles. The van der Waals surface area contributed by atoms with Gasteiger partial charge in [-0.1, -0.05) is 6.07 Å². The van der Waals surface area contributed by atoms with Gasteiger partial charge in [0.25, 0.3) is 15.9 Å². The van der Waals surface area contributed by atoms with Gasteiger partial charge in [-0.3, -0.25) is 9.52 Å². The molecule has 31 heavy (non-hydrogen) atoms. The Morgan fingerprint density at radius 1 is 1.16 bits per heavy atom. The summed E-state index contributed by atoms with van der Waals surface area (Å²) in [6.07, 6.45) is 0.684. The predicted octanol–water partition coefficient (Wildman–Crippen LogP) is 4.77. The largest absolute Gasteiger partial charge is 0.493 e. The van der Waals surface area contributed by atoms with Crippen LogP contribution in [0.2, 0.25) is 0 Å². The molecule has 0 saturated carbocycles. The Morgan fingerprint density at radius 3 is 2.55 bits per heavy atom. The number of thiophene rings is 1. The highest BCUT2D eigenvalue weighted by Crippen LogP contribution is 2.33. The van der Waals surface area contributed by atoms with Crippen molar-refractivity contribution < 1.29 is 17.9 Å². The maximum atomic E-state index is 13.0. The van der Waals surface area contributed by atoms with E-state index in [0.29, 0.717) is 30.1 Å². The Balaban J connectivity index is 1.57. The maximum Gasteiger partial charge on any atom is 0.268 e. The molecule has 1 aliphatic rings. The van der Waals surface area contributed by atoms with E-state index < -0.39 is 10.0 Å². The molecule has 0 radical (unpaired) electrons. The maximum absolute atomic E-state index is 13.0. The Labute approximate surface area is 186 Å². The third-order valence-electron chi connectivity index (χ3n) is 5.24. The second kappa shape index (κ2) is 8.36. The number of fused-ring (bicyclic) bond motifs is 1. The van der Waals surface area contributed by atoms with Gasteiger partial charge in [0.05, 0.1) is 16.4 Å². The lowest BCUT2D eigenvalue weighted by Gasteiger charge is -2.17. The van der Waals surface area contributed by atoms with Gasteiger partial charge in [0, 0.05) is 17.9 Å². The number of nitrogens with zero attached hydrogens (tertiary/aromatic N) is 1. The number of hydrogen-bond donors (Lipinski definition) is 1. The standard InChI is InChI=1S/C23H24N2O4S2/c1-4-29-22-15(2)12-19(13-16(22)3)31(27,28)24-18-7-8-20-17(14-18)9-10-25(20)23(26)21-6-5-11-30-21/h5-8,11-14,24H,4,9-10H2,1-3H3. The van der Waals surface area contributed by atoms with E-state index in [0.717, 1.165) is 28.1 Å². The number of hydrogen-bond acceptors (Lipinski definition) is 5. The van der Waals surface area contributed by atoms with Gasteiger partial charge in [-0.25, -0.2) is 8.42 Å². The summed E-state index contributed by atoms with van der Waals surface area (Å²) in [7, 11) is -3.76. The fourth-order valence-electron chi connectivity index (χ4n) is 3.86. The van der Waals surface area contributed by atoms with Gasteiger partial charge < -0.3 is 9.64 Å². The number of ether oxygens (including phenoxy) is 1. The minimum Gasteiger partial charge on any atom is -0.493 e. The number of amides is 1. The molecule has 162 valence electrons. The van der Waals surface area contributed by atoms with Crippen molar-refractivity contribution in [3.63, 3.8) is 0 Å². The van der Waals surface area contributed by atoms with Gasteiger partial charge in [0.1, 0.15) is 5.75 Å². The number of nitrogens with one attached hydrogen (secondary N) is 1. The Kier molecular flexibility index (Phi) is 5.77. The van der Waals surface area contributed by atoms with Crippen LogP contribution in [0.1, 0.15) is 33.3 Å². The molecule has 0 unspecified atom stereocenters. The Hall–Kier alpha value is -2.84. The van der Waals surface area contributed by atoms with Crippen LogP contribution in [0.4, 0.5) is 11.4 Å². The lowest BCUT2D eigenvalue weighted by Crippen LogP contribution is -2.28.